The van der Waals surface area contributed by atoms with Gasteiger partial charge in [0.2, 0.25) is 0 Å². The summed E-state index contributed by atoms with van der Waals surface area (Å²) in [6, 6.07) is 8.46. The highest BCUT2D eigenvalue weighted by molar-refractivity contribution is 7.98. The van der Waals surface area contributed by atoms with Crippen LogP contribution in [0.15, 0.2) is 59.3 Å². The van der Waals surface area contributed by atoms with Gasteiger partial charge in [-0.1, -0.05) is 17.8 Å². The van der Waals surface area contributed by atoms with Crippen LogP contribution in [0.4, 0.5) is 13.2 Å². The van der Waals surface area contributed by atoms with Crippen LogP contribution < -0.4 is 0 Å². The molecule has 0 aliphatic carbocycles. The quantitative estimate of drug-likeness (QED) is 0.336. The Balaban J connectivity index is 1.42. The molecule has 1 amide bonds. The lowest BCUT2D eigenvalue weighted by Gasteiger charge is -2.25. The minimum atomic E-state index is -4.49. The summed E-state index contributed by atoms with van der Waals surface area (Å²) in [5, 5.41) is 11.3. The van der Waals surface area contributed by atoms with Crippen LogP contribution in [0.3, 0.4) is 0 Å². The first-order valence-electron chi connectivity index (χ1n) is 10.9. The SMILES string of the molecule is O=C(c1csc(CSc2nnc(-c3ccncc3)n2-c2cccc(C(F)(F)F)c2)n1)N1CCOCC1. The van der Waals surface area contributed by atoms with Crippen LogP contribution >= 0.6 is 23.1 Å². The molecule has 1 aromatic carbocycles. The van der Waals surface area contributed by atoms with Crippen molar-refractivity contribution in [1.29, 1.82) is 0 Å². The summed E-state index contributed by atoms with van der Waals surface area (Å²) in [4.78, 5) is 22.9. The van der Waals surface area contributed by atoms with E-state index in [0.717, 1.165) is 12.1 Å². The molecule has 0 bridgehead atoms. The van der Waals surface area contributed by atoms with Crippen molar-refractivity contribution in [2.45, 2.75) is 17.1 Å². The van der Waals surface area contributed by atoms with Gasteiger partial charge in [0.1, 0.15) is 10.7 Å². The van der Waals surface area contributed by atoms with Gasteiger partial charge in [0.05, 0.1) is 30.2 Å². The lowest BCUT2D eigenvalue weighted by atomic mass is 10.2. The first kappa shape index (κ1) is 24.4. The van der Waals surface area contributed by atoms with Gasteiger partial charge in [-0.15, -0.1) is 21.5 Å². The van der Waals surface area contributed by atoms with Gasteiger partial charge in [-0.3, -0.25) is 14.3 Å². The maximum atomic E-state index is 13.4. The molecule has 5 rings (SSSR count). The third-order valence-corrected chi connectivity index (χ3v) is 7.37. The van der Waals surface area contributed by atoms with Crippen LogP contribution in [-0.2, 0) is 16.7 Å². The average molecular weight is 533 g/mol. The molecule has 0 radical (unpaired) electrons. The molecule has 0 atom stereocenters. The number of halogens is 3. The van der Waals surface area contributed by atoms with Crippen LogP contribution in [-0.4, -0.2) is 61.8 Å². The summed E-state index contributed by atoms with van der Waals surface area (Å²) < 4.78 is 47.1. The normalized spacial score (nSPS) is 14.2. The largest absolute Gasteiger partial charge is 0.416 e. The Hall–Kier alpha value is -3.29. The predicted molar refractivity (Wildman–Crippen MR) is 128 cm³/mol. The molecule has 4 aromatic rings. The molecule has 0 saturated carbocycles. The number of amides is 1. The van der Waals surface area contributed by atoms with Crippen molar-refractivity contribution in [3.8, 4) is 17.1 Å². The van der Waals surface area contributed by atoms with Gasteiger partial charge in [-0.05, 0) is 30.3 Å². The molecule has 1 fully saturated rings. The molecule has 0 unspecified atom stereocenters. The number of pyridine rings is 1. The average Bonchev–Trinajstić information content (AvgIpc) is 3.55. The molecule has 8 nitrogen and oxygen atoms in total. The minimum Gasteiger partial charge on any atom is -0.378 e. The number of ether oxygens (including phenoxy) is 1. The fourth-order valence-electron chi connectivity index (χ4n) is 3.64. The van der Waals surface area contributed by atoms with Crippen molar-refractivity contribution in [3.63, 3.8) is 0 Å². The number of alkyl halides is 3. The molecule has 4 heterocycles. The zero-order chi connectivity index (χ0) is 25.1. The number of thiazole rings is 1. The Labute approximate surface area is 212 Å². The van der Waals surface area contributed by atoms with Crippen molar-refractivity contribution in [2.24, 2.45) is 0 Å². The third kappa shape index (κ3) is 5.27. The van der Waals surface area contributed by atoms with Crippen LogP contribution in [0.1, 0.15) is 21.1 Å². The van der Waals surface area contributed by atoms with E-state index in [1.54, 1.807) is 45.4 Å². The highest BCUT2D eigenvalue weighted by Gasteiger charge is 2.31. The van der Waals surface area contributed by atoms with Crippen molar-refractivity contribution < 1.29 is 22.7 Å². The van der Waals surface area contributed by atoms with Gasteiger partial charge in [0, 0.05) is 36.4 Å². The summed E-state index contributed by atoms with van der Waals surface area (Å²) >= 11 is 2.63. The van der Waals surface area contributed by atoms with Crippen LogP contribution in [0.5, 0.6) is 0 Å². The molecule has 3 aromatic heterocycles. The third-order valence-electron chi connectivity index (χ3n) is 5.40. The zero-order valence-corrected chi connectivity index (χ0v) is 20.3. The van der Waals surface area contributed by atoms with E-state index in [1.807, 2.05) is 0 Å². The first-order valence-corrected chi connectivity index (χ1v) is 12.7. The molecule has 1 aliphatic rings. The first-order chi connectivity index (χ1) is 17.4. The molecule has 186 valence electrons. The van der Waals surface area contributed by atoms with E-state index >= 15 is 0 Å². The Kier molecular flexibility index (Phi) is 7.03. The summed E-state index contributed by atoms with van der Waals surface area (Å²) in [5.41, 5.74) is 0.548. The predicted octanol–water partition coefficient (Wildman–Crippen LogP) is 4.57. The molecule has 1 aliphatic heterocycles. The van der Waals surface area contributed by atoms with Gasteiger partial charge in [-0.25, -0.2) is 4.98 Å². The summed E-state index contributed by atoms with van der Waals surface area (Å²) in [6.07, 6.45) is -1.33. The Morgan fingerprint density at radius 2 is 1.89 bits per heavy atom. The standard InChI is InChI=1S/C23H19F3N6O2S2/c24-23(25,26)16-2-1-3-17(12-16)32-20(15-4-6-27-7-5-15)29-30-22(32)36-14-19-28-18(13-35-19)21(33)31-8-10-34-11-9-31/h1-7,12-13H,8-11,14H2. The molecular formula is C23H19F3N6O2S2. The van der Waals surface area contributed by atoms with Gasteiger partial charge in [0.25, 0.3) is 5.91 Å². The van der Waals surface area contributed by atoms with Crippen LogP contribution in [0.25, 0.3) is 17.1 Å². The monoisotopic (exact) mass is 532 g/mol. The number of hydrogen-bond acceptors (Lipinski definition) is 8. The Bertz CT molecular complexity index is 1350. The fourth-order valence-corrected chi connectivity index (χ4v) is 5.37. The van der Waals surface area contributed by atoms with E-state index in [0.29, 0.717) is 59.3 Å². The van der Waals surface area contributed by atoms with Crippen molar-refractivity contribution in [3.05, 3.63) is 70.4 Å². The maximum Gasteiger partial charge on any atom is 0.416 e. The summed E-state index contributed by atoms with van der Waals surface area (Å²) in [5.74, 6) is 0.619. The van der Waals surface area contributed by atoms with E-state index in [-0.39, 0.29) is 11.6 Å². The van der Waals surface area contributed by atoms with Gasteiger partial charge < -0.3 is 9.64 Å². The second-order valence-electron chi connectivity index (χ2n) is 7.75. The fraction of sp³-hybridized carbons (Fsp3) is 0.261. The lowest BCUT2D eigenvalue weighted by Crippen LogP contribution is -2.40. The Morgan fingerprint density at radius 1 is 1.11 bits per heavy atom. The minimum absolute atomic E-state index is 0.141. The Morgan fingerprint density at radius 3 is 2.64 bits per heavy atom. The van der Waals surface area contributed by atoms with Crippen molar-refractivity contribution in [2.75, 3.05) is 26.3 Å². The number of morpholine rings is 1. The summed E-state index contributed by atoms with van der Waals surface area (Å²) in [7, 11) is 0. The van der Waals surface area contributed by atoms with Crippen molar-refractivity contribution in [1.82, 2.24) is 29.6 Å². The highest BCUT2D eigenvalue weighted by atomic mass is 32.2. The van der Waals surface area contributed by atoms with Crippen molar-refractivity contribution >= 4 is 29.0 Å². The number of thioether (sulfide) groups is 1. The molecule has 1 saturated heterocycles. The van der Waals surface area contributed by atoms with Crippen LogP contribution in [0.2, 0.25) is 0 Å². The van der Waals surface area contributed by atoms with E-state index in [9.17, 15) is 18.0 Å². The maximum absolute atomic E-state index is 13.4. The van der Waals surface area contributed by atoms with E-state index < -0.39 is 11.7 Å². The highest BCUT2D eigenvalue weighted by Crippen LogP contribution is 2.34. The second kappa shape index (κ2) is 10.4. The molecular weight excluding hydrogens is 513 g/mol. The lowest BCUT2D eigenvalue weighted by molar-refractivity contribution is -0.137. The smallest absolute Gasteiger partial charge is 0.378 e. The number of rotatable bonds is 6. The van der Waals surface area contributed by atoms with E-state index in [4.69, 9.17) is 4.74 Å². The van der Waals surface area contributed by atoms with E-state index in [2.05, 4.69) is 20.2 Å². The molecule has 0 spiro atoms. The molecule has 13 heteroatoms. The van der Waals surface area contributed by atoms with E-state index in [1.165, 1.54) is 29.2 Å². The number of benzene rings is 1. The molecule has 36 heavy (non-hydrogen) atoms. The van der Waals surface area contributed by atoms with Gasteiger partial charge in [-0.2, -0.15) is 13.2 Å². The zero-order valence-electron chi connectivity index (χ0n) is 18.7. The number of nitrogens with zero attached hydrogens (tertiary/aromatic N) is 6. The topological polar surface area (TPSA) is 86.0 Å². The number of hydrogen-bond donors (Lipinski definition) is 0. The molecule has 0 N–H and O–H groups in total. The number of carbonyl (C=O) groups is 1. The van der Waals surface area contributed by atoms with Gasteiger partial charge >= 0.3 is 6.18 Å². The number of aromatic nitrogens is 5. The van der Waals surface area contributed by atoms with Gasteiger partial charge in [0.15, 0.2) is 11.0 Å². The van der Waals surface area contributed by atoms with Crippen LogP contribution in [0, 0.1) is 0 Å². The summed E-state index contributed by atoms with van der Waals surface area (Å²) in [6.45, 7) is 2.06. The second-order valence-corrected chi connectivity index (χ2v) is 9.63. The number of carbonyl (C=O) groups excluding carboxylic acids is 1.